The first-order valence-electron chi connectivity index (χ1n) is 7.08. The van der Waals surface area contributed by atoms with Gasteiger partial charge in [-0.2, -0.15) is 0 Å². The molecule has 0 heterocycles. The Bertz CT molecular complexity index is 280. The summed E-state index contributed by atoms with van der Waals surface area (Å²) < 4.78 is 33.4. The first-order valence-corrected chi connectivity index (χ1v) is 8.55. The van der Waals surface area contributed by atoms with E-state index in [1.807, 2.05) is 0 Å². The van der Waals surface area contributed by atoms with Gasteiger partial charge in [0.15, 0.2) is 0 Å². The summed E-state index contributed by atoms with van der Waals surface area (Å²) in [5, 5.41) is 7.92. The number of aliphatic hydroxyl groups excluding tert-OH is 1. The van der Waals surface area contributed by atoms with Crippen molar-refractivity contribution in [2.45, 2.75) is 76.4 Å². The van der Waals surface area contributed by atoms with E-state index in [0.29, 0.717) is 12.8 Å². The van der Waals surface area contributed by atoms with Gasteiger partial charge in [0, 0.05) is 11.9 Å². The Morgan fingerprint density at radius 2 is 1.42 bits per heavy atom. The van der Waals surface area contributed by atoms with E-state index in [4.69, 9.17) is 5.11 Å². The first-order chi connectivity index (χ1) is 8.52. The molecule has 0 amide bonds. The molecular weight excluding hydrogens is 291 g/mol. The molecule has 1 atom stereocenters. The van der Waals surface area contributed by atoms with Gasteiger partial charge in [-0.05, 0) is 19.3 Å². The molecule has 0 radical (unpaired) electrons. The smallest absolute Gasteiger partial charge is 0.748 e. The molecule has 1 unspecified atom stereocenters. The van der Waals surface area contributed by atoms with Crippen molar-refractivity contribution in [3.05, 3.63) is 0 Å². The van der Waals surface area contributed by atoms with E-state index in [2.05, 4.69) is 6.92 Å². The molecule has 0 aromatic carbocycles. The van der Waals surface area contributed by atoms with Crippen molar-refractivity contribution >= 4 is 10.1 Å². The van der Waals surface area contributed by atoms with Crippen LogP contribution in [-0.4, -0.2) is 29.9 Å². The SMILES string of the molecule is CCCCCCC(CCCCCCO)S(=O)(=O)[O-].[K+]. The van der Waals surface area contributed by atoms with Crippen molar-refractivity contribution in [1.82, 2.24) is 0 Å². The van der Waals surface area contributed by atoms with Crippen LogP contribution in [0.2, 0.25) is 0 Å². The molecule has 0 saturated carbocycles. The number of aliphatic hydroxyl groups is 1. The Labute approximate surface area is 160 Å². The van der Waals surface area contributed by atoms with Crippen LogP contribution in [0.25, 0.3) is 0 Å². The van der Waals surface area contributed by atoms with Crippen LogP contribution in [0.5, 0.6) is 0 Å². The van der Waals surface area contributed by atoms with Crippen LogP contribution in [0.4, 0.5) is 0 Å². The van der Waals surface area contributed by atoms with Gasteiger partial charge in [-0.15, -0.1) is 0 Å². The third-order valence-electron chi connectivity index (χ3n) is 3.22. The minimum atomic E-state index is -4.14. The Hall–Kier alpha value is 1.51. The Morgan fingerprint density at radius 3 is 1.84 bits per heavy atom. The average molecular weight is 319 g/mol. The Kier molecular flexibility index (Phi) is 17.3. The average Bonchev–Trinajstić information content (AvgIpc) is 2.30. The van der Waals surface area contributed by atoms with E-state index in [1.165, 1.54) is 0 Å². The van der Waals surface area contributed by atoms with E-state index < -0.39 is 15.4 Å². The van der Waals surface area contributed by atoms with Crippen LogP contribution in [0.3, 0.4) is 0 Å². The minimum Gasteiger partial charge on any atom is -0.748 e. The molecule has 6 heteroatoms. The van der Waals surface area contributed by atoms with E-state index in [-0.39, 0.29) is 58.0 Å². The van der Waals surface area contributed by atoms with Crippen molar-refractivity contribution in [2.75, 3.05) is 6.61 Å². The molecule has 0 aliphatic carbocycles. The van der Waals surface area contributed by atoms with Gasteiger partial charge in [-0.3, -0.25) is 0 Å². The standard InChI is InChI=1S/C13H28O4S.K/c1-2-3-4-7-10-13(18(15,16)17)11-8-5-6-9-12-14;/h13-14H,2-12H2,1H3,(H,15,16,17);/q;+1/p-1. The van der Waals surface area contributed by atoms with Crippen LogP contribution in [0.1, 0.15) is 71.1 Å². The molecule has 0 fully saturated rings. The molecule has 0 rings (SSSR count). The van der Waals surface area contributed by atoms with Gasteiger partial charge in [0.25, 0.3) is 0 Å². The van der Waals surface area contributed by atoms with Gasteiger partial charge in [-0.1, -0.05) is 51.9 Å². The molecule has 0 spiro atoms. The van der Waals surface area contributed by atoms with Crippen molar-refractivity contribution < 1.29 is 69.5 Å². The van der Waals surface area contributed by atoms with Crippen molar-refractivity contribution in [3.63, 3.8) is 0 Å². The van der Waals surface area contributed by atoms with Crippen LogP contribution in [-0.2, 0) is 10.1 Å². The predicted molar refractivity (Wildman–Crippen MR) is 72.4 cm³/mol. The van der Waals surface area contributed by atoms with Gasteiger partial charge < -0.3 is 9.66 Å². The number of hydrogen-bond acceptors (Lipinski definition) is 4. The third kappa shape index (κ3) is 14.2. The molecule has 110 valence electrons. The third-order valence-corrected chi connectivity index (χ3v) is 4.51. The van der Waals surface area contributed by atoms with Crippen molar-refractivity contribution in [3.8, 4) is 0 Å². The molecule has 0 aromatic heterocycles. The summed E-state index contributed by atoms with van der Waals surface area (Å²) in [6, 6.07) is 0. The van der Waals surface area contributed by atoms with Gasteiger partial charge in [0.05, 0.1) is 10.1 Å². The minimum absolute atomic E-state index is 0. The van der Waals surface area contributed by atoms with Crippen LogP contribution >= 0.6 is 0 Å². The summed E-state index contributed by atoms with van der Waals surface area (Å²) in [5.74, 6) is 0. The second-order valence-corrected chi connectivity index (χ2v) is 6.54. The van der Waals surface area contributed by atoms with Gasteiger partial charge >= 0.3 is 51.4 Å². The largest absolute Gasteiger partial charge is 1.00 e. The molecule has 0 aliphatic rings. The topological polar surface area (TPSA) is 77.4 Å². The summed E-state index contributed by atoms with van der Waals surface area (Å²) in [6.07, 6.45) is 8.33. The number of hydrogen-bond donors (Lipinski definition) is 1. The van der Waals surface area contributed by atoms with Gasteiger partial charge in [0.1, 0.15) is 0 Å². The maximum atomic E-state index is 11.1. The first kappa shape index (κ1) is 22.8. The predicted octanol–water partition coefficient (Wildman–Crippen LogP) is -0.183. The van der Waals surface area contributed by atoms with E-state index in [1.54, 1.807) is 0 Å². The Balaban J connectivity index is 0. The molecule has 0 aromatic rings. The van der Waals surface area contributed by atoms with Crippen LogP contribution in [0.15, 0.2) is 0 Å². The summed E-state index contributed by atoms with van der Waals surface area (Å²) >= 11 is 0. The molecule has 4 nitrogen and oxygen atoms in total. The zero-order chi connectivity index (χ0) is 13.9. The molecule has 0 saturated heterocycles. The second kappa shape index (κ2) is 14.4. The Morgan fingerprint density at radius 1 is 0.947 bits per heavy atom. The summed E-state index contributed by atoms with van der Waals surface area (Å²) in [6.45, 7) is 2.28. The molecule has 19 heavy (non-hydrogen) atoms. The zero-order valence-electron chi connectivity index (χ0n) is 12.4. The quantitative estimate of drug-likeness (QED) is 0.308. The fourth-order valence-electron chi connectivity index (χ4n) is 2.07. The van der Waals surface area contributed by atoms with Gasteiger partial charge in [0.2, 0.25) is 0 Å². The zero-order valence-corrected chi connectivity index (χ0v) is 16.4. The molecule has 0 aliphatic heterocycles. The van der Waals surface area contributed by atoms with Gasteiger partial charge in [-0.25, -0.2) is 8.42 Å². The van der Waals surface area contributed by atoms with Crippen molar-refractivity contribution in [1.29, 1.82) is 0 Å². The fraction of sp³-hybridized carbons (Fsp3) is 1.00. The number of rotatable bonds is 12. The van der Waals surface area contributed by atoms with E-state index in [9.17, 15) is 13.0 Å². The van der Waals surface area contributed by atoms with Crippen molar-refractivity contribution in [2.24, 2.45) is 0 Å². The molecular formula is C13H27KO4S. The molecule has 0 bridgehead atoms. The maximum Gasteiger partial charge on any atom is 1.00 e. The summed E-state index contributed by atoms with van der Waals surface area (Å²) in [5.41, 5.74) is 0. The van der Waals surface area contributed by atoms with E-state index >= 15 is 0 Å². The van der Waals surface area contributed by atoms with Crippen LogP contribution in [0, 0.1) is 0 Å². The molecule has 1 N–H and O–H groups in total. The van der Waals surface area contributed by atoms with E-state index in [0.717, 1.165) is 51.4 Å². The summed E-state index contributed by atoms with van der Waals surface area (Å²) in [4.78, 5) is 0. The normalized spacial score (nSPS) is 13.0. The van der Waals surface area contributed by atoms with Crippen LogP contribution < -0.4 is 51.4 Å². The number of unbranched alkanes of at least 4 members (excludes halogenated alkanes) is 6. The summed E-state index contributed by atoms with van der Waals surface area (Å²) in [7, 11) is -4.14. The monoisotopic (exact) mass is 318 g/mol. The second-order valence-electron chi connectivity index (χ2n) is 4.89. The maximum absolute atomic E-state index is 11.1. The fourth-order valence-corrected chi connectivity index (χ4v) is 2.98.